The summed E-state index contributed by atoms with van der Waals surface area (Å²) < 4.78 is 1.73. The van der Waals surface area contributed by atoms with E-state index in [2.05, 4.69) is 6.07 Å². The van der Waals surface area contributed by atoms with Crippen LogP contribution in [0.25, 0.3) is 16.8 Å². The Kier molecular flexibility index (Phi) is 3.41. The Morgan fingerprint density at radius 3 is 2.73 bits per heavy atom. The molecule has 0 aliphatic heterocycles. The molecule has 2 heterocycles. The lowest BCUT2D eigenvalue weighted by molar-refractivity contribution is 0.0998. The van der Waals surface area contributed by atoms with Crippen molar-refractivity contribution >= 4 is 17.2 Å². The van der Waals surface area contributed by atoms with Crippen molar-refractivity contribution in [1.29, 1.82) is 5.26 Å². The molecular formula is C16H11N3O2S. The number of aromatic nitrogens is 1. The predicted octanol–water partition coefficient (Wildman–Crippen LogP) is 2.88. The van der Waals surface area contributed by atoms with Crippen LogP contribution in [0.3, 0.4) is 0 Å². The van der Waals surface area contributed by atoms with Gasteiger partial charge in [-0.05, 0) is 34.5 Å². The summed E-state index contributed by atoms with van der Waals surface area (Å²) in [6.45, 7) is 0. The molecule has 0 saturated carbocycles. The first-order valence-electron chi connectivity index (χ1n) is 6.38. The number of rotatable bonds is 3. The van der Waals surface area contributed by atoms with E-state index in [-0.39, 0.29) is 11.3 Å². The zero-order valence-electron chi connectivity index (χ0n) is 11.4. The van der Waals surface area contributed by atoms with Crippen LogP contribution in [0.15, 0.2) is 47.4 Å². The number of primary amides is 1. The minimum absolute atomic E-state index is 0.0643. The summed E-state index contributed by atoms with van der Waals surface area (Å²) in [5, 5.41) is 23.1. The van der Waals surface area contributed by atoms with Gasteiger partial charge in [-0.15, -0.1) is 0 Å². The zero-order chi connectivity index (χ0) is 15.7. The highest BCUT2D eigenvalue weighted by atomic mass is 32.1. The summed E-state index contributed by atoms with van der Waals surface area (Å²) in [7, 11) is 0. The van der Waals surface area contributed by atoms with Gasteiger partial charge in [0.05, 0.1) is 11.1 Å². The molecule has 5 nitrogen and oxygen atoms in total. The first-order valence-corrected chi connectivity index (χ1v) is 7.32. The van der Waals surface area contributed by atoms with Gasteiger partial charge in [0.1, 0.15) is 11.8 Å². The minimum atomic E-state index is -0.687. The van der Waals surface area contributed by atoms with E-state index < -0.39 is 5.91 Å². The number of nitriles is 1. The molecule has 0 bridgehead atoms. The van der Waals surface area contributed by atoms with Gasteiger partial charge in [-0.3, -0.25) is 4.79 Å². The molecule has 108 valence electrons. The van der Waals surface area contributed by atoms with Gasteiger partial charge in [0.15, 0.2) is 0 Å². The van der Waals surface area contributed by atoms with Gasteiger partial charge in [0.2, 0.25) is 0 Å². The largest absolute Gasteiger partial charge is 0.507 e. The van der Waals surface area contributed by atoms with Crippen molar-refractivity contribution < 1.29 is 9.90 Å². The maximum Gasteiger partial charge on any atom is 0.252 e. The highest BCUT2D eigenvalue weighted by Gasteiger charge is 2.12. The molecule has 0 saturated heterocycles. The van der Waals surface area contributed by atoms with Crippen LogP contribution in [0.1, 0.15) is 15.9 Å². The number of hydrogen-bond donors (Lipinski definition) is 2. The van der Waals surface area contributed by atoms with Crippen LogP contribution in [0, 0.1) is 11.3 Å². The van der Waals surface area contributed by atoms with Crippen molar-refractivity contribution in [3.05, 3.63) is 58.5 Å². The molecule has 1 amide bonds. The average molecular weight is 309 g/mol. The first kappa shape index (κ1) is 13.9. The van der Waals surface area contributed by atoms with Crippen molar-refractivity contribution in [1.82, 2.24) is 4.57 Å². The molecule has 22 heavy (non-hydrogen) atoms. The van der Waals surface area contributed by atoms with E-state index in [0.717, 1.165) is 11.1 Å². The molecule has 2 aromatic heterocycles. The lowest BCUT2D eigenvalue weighted by Gasteiger charge is -2.06. The quantitative estimate of drug-likeness (QED) is 0.779. The maximum absolute atomic E-state index is 11.1. The van der Waals surface area contributed by atoms with Crippen LogP contribution in [0.2, 0.25) is 0 Å². The van der Waals surface area contributed by atoms with Crippen molar-refractivity contribution in [2.24, 2.45) is 5.73 Å². The summed E-state index contributed by atoms with van der Waals surface area (Å²) in [5.74, 6) is -0.873. The number of aromatic hydroxyl groups is 1. The molecule has 0 radical (unpaired) electrons. The Labute approximate surface area is 130 Å². The highest BCUT2D eigenvalue weighted by molar-refractivity contribution is 7.08. The molecular weight excluding hydrogens is 298 g/mol. The van der Waals surface area contributed by atoms with Gasteiger partial charge in [0.25, 0.3) is 5.91 Å². The fraction of sp³-hybridized carbons (Fsp3) is 0. The second-order valence-electron chi connectivity index (χ2n) is 4.68. The van der Waals surface area contributed by atoms with E-state index in [9.17, 15) is 15.2 Å². The molecule has 0 unspecified atom stereocenters. The number of hydrogen-bond acceptors (Lipinski definition) is 4. The lowest BCUT2D eigenvalue weighted by Crippen LogP contribution is -2.11. The number of thiophene rings is 1. The molecule has 0 aliphatic rings. The monoisotopic (exact) mass is 309 g/mol. The fourth-order valence-electron chi connectivity index (χ4n) is 2.23. The summed E-state index contributed by atoms with van der Waals surface area (Å²) in [6.07, 6.45) is 3.50. The first-order chi connectivity index (χ1) is 10.6. The van der Waals surface area contributed by atoms with Gasteiger partial charge in [0, 0.05) is 29.7 Å². The Bertz CT molecular complexity index is 889. The molecule has 6 heteroatoms. The van der Waals surface area contributed by atoms with Crippen LogP contribution < -0.4 is 5.73 Å². The van der Waals surface area contributed by atoms with E-state index in [0.29, 0.717) is 11.3 Å². The predicted molar refractivity (Wildman–Crippen MR) is 84.0 cm³/mol. The van der Waals surface area contributed by atoms with Gasteiger partial charge < -0.3 is 15.4 Å². The molecule has 3 aromatic rings. The second kappa shape index (κ2) is 5.39. The SMILES string of the molecule is N#Cc1cn(-c2ccc(C(N)=O)c(O)c2)cc1-c1ccsc1. The fourth-order valence-corrected chi connectivity index (χ4v) is 2.89. The van der Waals surface area contributed by atoms with E-state index in [1.807, 2.05) is 23.0 Å². The zero-order valence-corrected chi connectivity index (χ0v) is 12.2. The third-order valence-electron chi connectivity index (χ3n) is 3.32. The smallest absolute Gasteiger partial charge is 0.252 e. The van der Waals surface area contributed by atoms with Crippen LogP contribution >= 0.6 is 11.3 Å². The van der Waals surface area contributed by atoms with Crippen LogP contribution in [0.5, 0.6) is 5.75 Å². The van der Waals surface area contributed by atoms with Gasteiger partial charge in [-0.2, -0.15) is 16.6 Å². The molecule has 1 aromatic carbocycles. The summed E-state index contributed by atoms with van der Waals surface area (Å²) in [4.78, 5) is 11.1. The number of benzene rings is 1. The Balaban J connectivity index is 2.08. The Hall–Kier alpha value is -3.04. The summed E-state index contributed by atoms with van der Waals surface area (Å²) >= 11 is 1.56. The number of carbonyl (C=O) groups is 1. The van der Waals surface area contributed by atoms with E-state index >= 15 is 0 Å². The summed E-state index contributed by atoms with van der Waals surface area (Å²) in [5.41, 5.74) is 8.20. The average Bonchev–Trinajstić information content (AvgIpc) is 3.15. The van der Waals surface area contributed by atoms with Crippen molar-refractivity contribution in [2.75, 3.05) is 0 Å². The highest BCUT2D eigenvalue weighted by Crippen LogP contribution is 2.29. The van der Waals surface area contributed by atoms with Gasteiger partial charge in [-0.25, -0.2) is 0 Å². The van der Waals surface area contributed by atoms with E-state index in [1.54, 1.807) is 28.2 Å². The van der Waals surface area contributed by atoms with Gasteiger partial charge in [-0.1, -0.05) is 0 Å². The number of amides is 1. The molecule has 0 atom stereocenters. The van der Waals surface area contributed by atoms with Crippen LogP contribution in [0.4, 0.5) is 0 Å². The third-order valence-corrected chi connectivity index (χ3v) is 4.01. The van der Waals surface area contributed by atoms with Crippen LogP contribution in [-0.4, -0.2) is 15.6 Å². The molecule has 0 fully saturated rings. The Morgan fingerprint density at radius 2 is 2.14 bits per heavy atom. The number of phenols is 1. The normalized spacial score (nSPS) is 10.3. The topological polar surface area (TPSA) is 92.0 Å². The lowest BCUT2D eigenvalue weighted by atomic mass is 10.1. The molecule has 0 aliphatic carbocycles. The second-order valence-corrected chi connectivity index (χ2v) is 5.46. The third kappa shape index (κ3) is 2.34. The Morgan fingerprint density at radius 1 is 1.32 bits per heavy atom. The molecule has 0 spiro atoms. The van der Waals surface area contributed by atoms with Crippen molar-refractivity contribution in [3.63, 3.8) is 0 Å². The van der Waals surface area contributed by atoms with Crippen molar-refractivity contribution in [2.45, 2.75) is 0 Å². The van der Waals surface area contributed by atoms with Crippen LogP contribution in [-0.2, 0) is 0 Å². The van der Waals surface area contributed by atoms with Gasteiger partial charge >= 0.3 is 0 Å². The van der Waals surface area contributed by atoms with E-state index in [1.165, 1.54) is 12.1 Å². The molecule has 3 N–H and O–H groups in total. The van der Waals surface area contributed by atoms with E-state index in [4.69, 9.17) is 5.73 Å². The number of nitrogens with two attached hydrogens (primary N) is 1. The minimum Gasteiger partial charge on any atom is -0.507 e. The molecule has 3 rings (SSSR count). The number of carbonyl (C=O) groups excluding carboxylic acids is 1. The standard InChI is InChI=1S/C16H11N3O2S/c17-6-11-7-19(8-14(11)10-3-4-22-9-10)12-1-2-13(16(18)21)15(20)5-12/h1-5,7-9,20H,(H2,18,21). The number of nitrogens with zero attached hydrogens (tertiary/aromatic N) is 2. The summed E-state index contributed by atoms with van der Waals surface area (Å²) in [6, 6.07) is 8.68. The van der Waals surface area contributed by atoms with Crippen molar-refractivity contribution in [3.8, 4) is 28.6 Å². The maximum atomic E-state index is 11.1.